The van der Waals surface area contributed by atoms with E-state index < -0.39 is 0 Å². The van der Waals surface area contributed by atoms with Crippen LogP contribution >= 0.6 is 0 Å². The van der Waals surface area contributed by atoms with Crippen LogP contribution in [0.15, 0.2) is 54.6 Å². The van der Waals surface area contributed by atoms with E-state index in [2.05, 4.69) is 10.6 Å². The van der Waals surface area contributed by atoms with E-state index in [1.807, 2.05) is 30.3 Å². The van der Waals surface area contributed by atoms with Crippen molar-refractivity contribution in [2.75, 3.05) is 30.3 Å². The summed E-state index contributed by atoms with van der Waals surface area (Å²) in [4.78, 5) is 37.8. The van der Waals surface area contributed by atoms with Crippen molar-refractivity contribution < 1.29 is 19.1 Å². The molecule has 2 aromatic carbocycles. The zero-order chi connectivity index (χ0) is 20.6. The fourth-order valence-corrected chi connectivity index (χ4v) is 3.27. The molecule has 2 N–H and O–H groups in total. The number of carbonyl (C=O) groups is 3. The predicted molar refractivity (Wildman–Crippen MR) is 111 cm³/mol. The molecule has 3 amide bonds. The Morgan fingerprint density at radius 2 is 1.62 bits per heavy atom. The minimum absolute atomic E-state index is 0.00316. The van der Waals surface area contributed by atoms with Crippen LogP contribution in [0, 0.1) is 5.92 Å². The third-order valence-electron chi connectivity index (χ3n) is 4.77. The molecular weight excluding hydrogens is 370 g/mol. The van der Waals surface area contributed by atoms with Gasteiger partial charge in [0.05, 0.1) is 0 Å². The number of hydrogen-bond donors (Lipinski definition) is 2. The van der Waals surface area contributed by atoms with E-state index in [0.29, 0.717) is 43.1 Å². The maximum Gasteiger partial charge on any atom is 0.260 e. The molecule has 0 aliphatic carbocycles. The van der Waals surface area contributed by atoms with Gasteiger partial charge >= 0.3 is 0 Å². The molecule has 0 radical (unpaired) electrons. The van der Waals surface area contributed by atoms with Crippen LogP contribution in [0.25, 0.3) is 0 Å². The van der Waals surface area contributed by atoms with Gasteiger partial charge in [-0.25, -0.2) is 0 Å². The second-order valence-electron chi connectivity index (χ2n) is 7.01. The minimum atomic E-state index is -0.165. The number of para-hydroxylation sites is 1. The zero-order valence-electron chi connectivity index (χ0n) is 16.4. The minimum Gasteiger partial charge on any atom is -0.484 e. The van der Waals surface area contributed by atoms with Crippen molar-refractivity contribution >= 4 is 29.1 Å². The molecule has 2 aromatic rings. The van der Waals surface area contributed by atoms with Gasteiger partial charge in [0.1, 0.15) is 5.75 Å². The SMILES string of the molecule is CC(=O)Nc1cccc(NC(=O)C2CCN(C(=O)COc3ccccc3)CC2)c1. The Hall–Kier alpha value is -3.35. The first-order valence-corrected chi connectivity index (χ1v) is 9.65. The average molecular weight is 395 g/mol. The van der Waals surface area contributed by atoms with E-state index in [1.165, 1.54) is 6.92 Å². The molecule has 7 nitrogen and oxygen atoms in total. The van der Waals surface area contributed by atoms with E-state index in [1.54, 1.807) is 29.2 Å². The largest absolute Gasteiger partial charge is 0.484 e. The number of rotatable bonds is 6. The third kappa shape index (κ3) is 6.07. The summed E-state index contributed by atoms with van der Waals surface area (Å²) < 4.78 is 5.51. The van der Waals surface area contributed by atoms with Crippen LogP contribution in [-0.2, 0) is 14.4 Å². The number of hydrogen-bond acceptors (Lipinski definition) is 4. The molecular formula is C22H25N3O4. The average Bonchev–Trinajstić information content (AvgIpc) is 2.72. The summed E-state index contributed by atoms with van der Waals surface area (Å²) in [5, 5.41) is 5.59. The number of nitrogens with zero attached hydrogens (tertiary/aromatic N) is 1. The van der Waals surface area contributed by atoms with Crippen LogP contribution in [0.2, 0.25) is 0 Å². The molecule has 0 saturated carbocycles. The summed E-state index contributed by atoms with van der Waals surface area (Å²) >= 11 is 0. The van der Waals surface area contributed by atoms with Crippen molar-refractivity contribution in [1.29, 1.82) is 0 Å². The molecule has 0 spiro atoms. The Morgan fingerprint density at radius 3 is 2.28 bits per heavy atom. The van der Waals surface area contributed by atoms with E-state index in [0.717, 1.165) is 0 Å². The quantitative estimate of drug-likeness (QED) is 0.787. The van der Waals surface area contributed by atoms with Gasteiger partial charge in [-0.2, -0.15) is 0 Å². The Kier molecular flexibility index (Phi) is 6.84. The highest BCUT2D eigenvalue weighted by Gasteiger charge is 2.27. The Bertz CT molecular complexity index is 861. The highest BCUT2D eigenvalue weighted by atomic mass is 16.5. The van der Waals surface area contributed by atoms with E-state index in [4.69, 9.17) is 4.74 Å². The standard InChI is InChI=1S/C22H25N3O4/c1-16(26)23-18-6-5-7-19(14-18)24-22(28)17-10-12-25(13-11-17)21(27)15-29-20-8-3-2-4-9-20/h2-9,14,17H,10-13,15H2,1H3,(H,23,26)(H,24,28). The molecule has 1 fully saturated rings. The number of likely N-dealkylation sites (tertiary alicyclic amines) is 1. The highest BCUT2D eigenvalue weighted by molar-refractivity contribution is 5.94. The van der Waals surface area contributed by atoms with Gasteiger partial charge in [-0.15, -0.1) is 0 Å². The molecule has 0 atom stereocenters. The second kappa shape index (κ2) is 9.73. The highest BCUT2D eigenvalue weighted by Crippen LogP contribution is 2.21. The van der Waals surface area contributed by atoms with E-state index in [9.17, 15) is 14.4 Å². The molecule has 1 saturated heterocycles. The molecule has 0 aromatic heterocycles. The number of ether oxygens (including phenoxy) is 1. The molecule has 0 unspecified atom stereocenters. The van der Waals surface area contributed by atoms with Crippen LogP contribution < -0.4 is 15.4 Å². The molecule has 3 rings (SSSR count). The second-order valence-corrected chi connectivity index (χ2v) is 7.01. The van der Waals surface area contributed by atoms with Gasteiger partial charge < -0.3 is 20.3 Å². The van der Waals surface area contributed by atoms with Crippen molar-refractivity contribution in [2.24, 2.45) is 5.92 Å². The number of carbonyl (C=O) groups excluding carboxylic acids is 3. The Balaban J connectivity index is 1.45. The molecule has 152 valence electrons. The van der Waals surface area contributed by atoms with Gasteiger partial charge in [0.25, 0.3) is 5.91 Å². The number of amides is 3. The number of anilines is 2. The molecule has 1 aliphatic heterocycles. The lowest BCUT2D eigenvalue weighted by Gasteiger charge is -2.31. The smallest absolute Gasteiger partial charge is 0.260 e. The van der Waals surface area contributed by atoms with E-state index >= 15 is 0 Å². The lowest BCUT2D eigenvalue weighted by atomic mass is 9.95. The lowest BCUT2D eigenvalue weighted by Crippen LogP contribution is -2.43. The van der Waals surface area contributed by atoms with Crippen LogP contribution in [0.3, 0.4) is 0 Å². The monoisotopic (exact) mass is 395 g/mol. The third-order valence-corrected chi connectivity index (χ3v) is 4.77. The molecule has 1 heterocycles. The van der Waals surface area contributed by atoms with Crippen molar-refractivity contribution in [3.63, 3.8) is 0 Å². The fourth-order valence-electron chi connectivity index (χ4n) is 3.27. The fraction of sp³-hybridized carbons (Fsp3) is 0.318. The summed E-state index contributed by atoms with van der Waals surface area (Å²) in [5.74, 6) is 0.199. The van der Waals surface area contributed by atoms with Crippen molar-refractivity contribution in [2.45, 2.75) is 19.8 Å². The summed E-state index contributed by atoms with van der Waals surface area (Å²) in [6.07, 6.45) is 1.21. The topological polar surface area (TPSA) is 87.7 Å². The molecule has 1 aliphatic rings. The normalized spacial score (nSPS) is 14.2. The maximum absolute atomic E-state index is 12.6. The number of nitrogens with one attached hydrogen (secondary N) is 2. The summed E-state index contributed by atoms with van der Waals surface area (Å²) in [6.45, 7) is 2.49. The Morgan fingerprint density at radius 1 is 0.966 bits per heavy atom. The van der Waals surface area contributed by atoms with Gasteiger partial charge in [-0.1, -0.05) is 24.3 Å². The summed E-state index contributed by atoms with van der Waals surface area (Å²) in [6, 6.07) is 16.3. The van der Waals surface area contributed by atoms with Gasteiger partial charge in [0.15, 0.2) is 6.61 Å². The van der Waals surface area contributed by atoms with Crippen molar-refractivity contribution in [1.82, 2.24) is 4.90 Å². The predicted octanol–water partition coefficient (Wildman–Crippen LogP) is 2.90. The first-order valence-electron chi connectivity index (χ1n) is 9.65. The van der Waals surface area contributed by atoms with Crippen LogP contribution in [0.5, 0.6) is 5.75 Å². The number of benzene rings is 2. The maximum atomic E-state index is 12.6. The van der Waals surface area contributed by atoms with Crippen LogP contribution in [0.1, 0.15) is 19.8 Å². The van der Waals surface area contributed by atoms with Crippen molar-refractivity contribution in [3.8, 4) is 5.75 Å². The van der Waals surface area contributed by atoms with Gasteiger partial charge in [0.2, 0.25) is 11.8 Å². The van der Waals surface area contributed by atoms with Gasteiger partial charge in [0, 0.05) is 37.3 Å². The van der Waals surface area contributed by atoms with Gasteiger partial charge in [-0.3, -0.25) is 14.4 Å². The number of piperidine rings is 1. The van der Waals surface area contributed by atoms with Crippen LogP contribution in [0.4, 0.5) is 11.4 Å². The first kappa shape index (κ1) is 20.4. The zero-order valence-corrected chi connectivity index (χ0v) is 16.4. The summed E-state index contributed by atoms with van der Waals surface area (Å²) in [5.41, 5.74) is 1.27. The Labute approximate surface area is 170 Å². The molecule has 0 bridgehead atoms. The van der Waals surface area contributed by atoms with Crippen LogP contribution in [-0.4, -0.2) is 42.3 Å². The molecule has 7 heteroatoms. The van der Waals surface area contributed by atoms with Gasteiger partial charge in [-0.05, 0) is 43.2 Å². The lowest BCUT2D eigenvalue weighted by molar-refractivity contribution is -0.136. The first-order chi connectivity index (χ1) is 14.0. The molecule has 29 heavy (non-hydrogen) atoms. The summed E-state index contributed by atoms with van der Waals surface area (Å²) in [7, 11) is 0. The van der Waals surface area contributed by atoms with Crippen molar-refractivity contribution in [3.05, 3.63) is 54.6 Å². The van der Waals surface area contributed by atoms with E-state index in [-0.39, 0.29) is 30.2 Å².